The van der Waals surface area contributed by atoms with Crippen molar-refractivity contribution in [1.82, 2.24) is 5.32 Å². The molecule has 0 fully saturated rings. The standard InChI is InChI=1S/C15H18FNO3/c1-3-10(2)14(15(19)20)17-13(18)9-6-11-4-7-12(16)8-5-11/h4-10,14H,3H2,1-2H3,(H,17,18)(H,19,20)/b9-6+/t10-,14-/m0/s1. The Morgan fingerprint density at radius 2 is 1.95 bits per heavy atom. The molecule has 4 nitrogen and oxygen atoms in total. The lowest BCUT2D eigenvalue weighted by molar-refractivity contribution is -0.142. The fourth-order valence-electron chi connectivity index (χ4n) is 1.63. The van der Waals surface area contributed by atoms with Gasteiger partial charge in [-0.1, -0.05) is 32.4 Å². The number of carboxylic acid groups (broad SMARTS) is 1. The van der Waals surface area contributed by atoms with E-state index in [4.69, 9.17) is 5.11 Å². The summed E-state index contributed by atoms with van der Waals surface area (Å²) in [6, 6.07) is 4.73. The molecule has 5 heteroatoms. The van der Waals surface area contributed by atoms with Crippen molar-refractivity contribution in [3.8, 4) is 0 Å². The Morgan fingerprint density at radius 3 is 2.45 bits per heavy atom. The molecular weight excluding hydrogens is 261 g/mol. The molecule has 20 heavy (non-hydrogen) atoms. The molecule has 0 bridgehead atoms. The number of aliphatic carboxylic acids is 1. The molecule has 0 unspecified atom stereocenters. The van der Waals surface area contributed by atoms with E-state index in [-0.39, 0.29) is 11.7 Å². The van der Waals surface area contributed by atoms with Gasteiger partial charge in [-0.3, -0.25) is 4.79 Å². The molecule has 0 spiro atoms. The number of halogens is 1. The van der Waals surface area contributed by atoms with Crippen LogP contribution in [0.5, 0.6) is 0 Å². The van der Waals surface area contributed by atoms with Gasteiger partial charge in [-0.15, -0.1) is 0 Å². The summed E-state index contributed by atoms with van der Waals surface area (Å²) in [6.45, 7) is 3.63. The van der Waals surface area contributed by atoms with Gasteiger partial charge in [-0.25, -0.2) is 9.18 Å². The zero-order valence-electron chi connectivity index (χ0n) is 11.5. The summed E-state index contributed by atoms with van der Waals surface area (Å²) in [6.07, 6.45) is 3.40. The van der Waals surface area contributed by atoms with Crippen molar-refractivity contribution in [2.75, 3.05) is 0 Å². The molecule has 108 valence electrons. The number of benzene rings is 1. The van der Waals surface area contributed by atoms with Crippen molar-refractivity contribution in [3.05, 3.63) is 41.7 Å². The van der Waals surface area contributed by atoms with Gasteiger partial charge in [0, 0.05) is 6.08 Å². The minimum absolute atomic E-state index is 0.157. The van der Waals surface area contributed by atoms with Crippen LogP contribution in [0, 0.1) is 11.7 Å². The molecule has 2 atom stereocenters. The number of rotatable bonds is 6. The predicted molar refractivity (Wildman–Crippen MR) is 74.5 cm³/mol. The highest BCUT2D eigenvalue weighted by molar-refractivity contribution is 5.94. The van der Waals surface area contributed by atoms with Crippen molar-refractivity contribution < 1.29 is 19.1 Å². The lowest BCUT2D eigenvalue weighted by Gasteiger charge is -2.19. The number of carbonyl (C=O) groups is 2. The first-order valence-corrected chi connectivity index (χ1v) is 6.41. The molecule has 0 aliphatic heterocycles. The molecule has 1 rings (SSSR count). The minimum Gasteiger partial charge on any atom is -0.480 e. The second-order valence-electron chi connectivity index (χ2n) is 4.59. The number of hydrogen-bond acceptors (Lipinski definition) is 2. The van der Waals surface area contributed by atoms with Crippen LogP contribution in [0.1, 0.15) is 25.8 Å². The summed E-state index contributed by atoms with van der Waals surface area (Å²) >= 11 is 0. The van der Waals surface area contributed by atoms with E-state index in [1.807, 2.05) is 6.92 Å². The molecule has 1 aromatic rings. The summed E-state index contributed by atoms with van der Waals surface area (Å²) in [5.41, 5.74) is 0.664. The Balaban J connectivity index is 2.66. The first-order chi connectivity index (χ1) is 9.43. The van der Waals surface area contributed by atoms with Gasteiger partial charge in [0.2, 0.25) is 5.91 Å². The number of nitrogens with one attached hydrogen (secondary N) is 1. The summed E-state index contributed by atoms with van der Waals surface area (Å²) in [5, 5.41) is 11.5. The average molecular weight is 279 g/mol. The van der Waals surface area contributed by atoms with Gasteiger partial charge < -0.3 is 10.4 Å². The van der Waals surface area contributed by atoms with Gasteiger partial charge >= 0.3 is 5.97 Å². The fourth-order valence-corrected chi connectivity index (χ4v) is 1.63. The van der Waals surface area contributed by atoms with Crippen molar-refractivity contribution in [3.63, 3.8) is 0 Å². The third-order valence-electron chi connectivity index (χ3n) is 3.07. The first-order valence-electron chi connectivity index (χ1n) is 6.41. The highest BCUT2D eigenvalue weighted by Gasteiger charge is 2.24. The van der Waals surface area contributed by atoms with Crippen molar-refractivity contribution in [1.29, 1.82) is 0 Å². The Morgan fingerprint density at radius 1 is 1.35 bits per heavy atom. The zero-order valence-corrected chi connectivity index (χ0v) is 11.5. The van der Waals surface area contributed by atoms with E-state index in [1.165, 1.54) is 36.4 Å². The van der Waals surface area contributed by atoms with Crippen LogP contribution >= 0.6 is 0 Å². The molecular formula is C15H18FNO3. The van der Waals surface area contributed by atoms with E-state index in [9.17, 15) is 14.0 Å². The number of hydrogen-bond donors (Lipinski definition) is 2. The largest absolute Gasteiger partial charge is 0.480 e. The maximum Gasteiger partial charge on any atom is 0.326 e. The molecule has 0 saturated heterocycles. The molecule has 2 N–H and O–H groups in total. The van der Waals surface area contributed by atoms with Gasteiger partial charge in [0.1, 0.15) is 11.9 Å². The number of carbonyl (C=O) groups excluding carboxylic acids is 1. The number of amides is 1. The molecule has 1 aromatic carbocycles. The summed E-state index contributed by atoms with van der Waals surface area (Å²) < 4.78 is 12.7. The van der Waals surface area contributed by atoms with E-state index in [0.29, 0.717) is 12.0 Å². The molecule has 0 saturated carbocycles. The number of carboxylic acids is 1. The van der Waals surface area contributed by atoms with Crippen LogP contribution < -0.4 is 5.32 Å². The summed E-state index contributed by atoms with van der Waals surface area (Å²) in [4.78, 5) is 22.7. The second-order valence-corrected chi connectivity index (χ2v) is 4.59. The van der Waals surface area contributed by atoms with Gasteiger partial charge in [0.25, 0.3) is 0 Å². The quantitative estimate of drug-likeness (QED) is 0.786. The normalized spacial score (nSPS) is 13.9. The summed E-state index contributed by atoms with van der Waals surface area (Å²) in [7, 11) is 0. The maximum atomic E-state index is 12.7. The summed E-state index contributed by atoms with van der Waals surface area (Å²) in [5.74, 6) is -2.05. The van der Waals surface area contributed by atoms with E-state index in [0.717, 1.165) is 0 Å². The maximum absolute atomic E-state index is 12.7. The lowest BCUT2D eigenvalue weighted by atomic mass is 9.99. The van der Waals surface area contributed by atoms with Crippen LogP contribution in [0.2, 0.25) is 0 Å². The van der Waals surface area contributed by atoms with Crippen molar-refractivity contribution >= 4 is 18.0 Å². The predicted octanol–water partition coefficient (Wildman–Crippen LogP) is 2.45. The zero-order chi connectivity index (χ0) is 15.1. The molecule has 0 aliphatic rings. The molecule has 1 amide bonds. The van der Waals surface area contributed by atoms with Gasteiger partial charge in [-0.2, -0.15) is 0 Å². The SMILES string of the molecule is CC[C@H](C)[C@H](NC(=O)/C=C/c1ccc(F)cc1)C(=O)O. The molecule has 0 radical (unpaired) electrons. The minimum atomic E-state index is -1.05. The van der Waals surface area contributed by atoms with Crippen LogP contribution in [-0.2, 0) is 9.59 Å². The second kappa shape index (κ2) is 7.43. The van der Waals surface area contributed by atoms with Crippen LogP contribution in [0.3, 0.4) is 0 Å². The van der Waals surface area contributed by atoms with Crippen molar-refractivity contribution in [2.45, 2.75) is 26.3 Å². The third kappa shape index (κ3) is 4.84. The van der Waals surface area contributed by atoms with E-state index < -0.39 is 17.9 Å². The Kier molecular flexibility index (Phi) is 5.90. The molecule has 0 aliphatic carbocycles. The van der Waals surface area contributed by atoms with E-state index in [1.54, 1.807) is 6.92 Å². The monoisotopic (exact) mass is 279 g/mol. The third-order valence-corrected chi connectivity index (χ3v) is 3.07. The Bertz CT molecular complexity index is 496. The topological polar surface area (TPSA) is 66.4 Å². The van der Waals surface area contributed by atoms with E-state index in [2.05, 4.69) is 5.32 Å². The Hall–Kier alpha value is -2.17. The van der Waals surface area contributed by atoms with Gasteiger partial charge in [0.05, 0.1) is 0 Å². The fraction of sp³-hybridized carbons (Fsp3) is 0.333. The van der Waals surface area contributed by atoms with Crippen LogP contribution in [0.15, 0.2) is 30.3 Å². The van der Waals surface area contributed by atoms with Crippen LogP contribution in [0.25, 0.3) is 6.08 Å². The molecule has 0 aromatic heterocycles. The van der Waals surface area contributed by atoms with Crippen LogP contribution in [-0.4, -0.2) is 23.0 Å². The van der Waals surface area contributed by atoms with E-state index >= 15 is 0 Å². The average Bonchev–Trinajstić information content (AvgIpc) is 2.43. The smallest absolute Gasteiger partial charge is 0.326 e. The van der Waals surface area contributed by atoms with Crippen molar-refractivity contribution in [2.24, 2.45) is 5.92 Å². The molecule has 0 heterocycles. The van der Waals surface area contributed by atoms with Crippen LogP contribution in [0.4, 0.5) is 4.39 Å². The highest BCUT2D eigenvalue weighted by Crippen LogP contribution is 2.08. The van der Waals surface area contributed by atoms with Gasteiger partial charge in [0.15, 0.2) is 0 Å². The highest BCUT2D eigenvalue weighted by atomic mass is 19.1. The van der Waals surface area contributed by atoms with Gasteiger partial charge in [-0.05, 0) is 29.7 Å². The lowest BCUT2D eigenvalue weighted by Crippen LogP contribution is -2.44. The first kappa shape index (κ1) is 15.9. The Labute approximate surface area is 117 Å².